The number of likely N-dealkylation sites (tertiary alicyclic amines) is 1. The number of ether oxygens (including phenoxy) is 1. The van der Waals surface area contributed by atoms with Gasteiger partial charge in [0.15, 0.2) is 5.82 Å². The molecule has 4 aliphatic rings. The third kappa shape index (κ3) is 8.37. The maximum atomic E-state index is 15.5. The largest absolute Gasteiger partial charge is 0.487 e. The molecule has 3 aromatic carbocycles. The third-order valence-corrected chi connectivity index (χ3v) is 11.5. The van der Waals surface area contributed by atoms with Gasteiger partial charge in [-0.2, -0.15) is 4.98 Å². The number of carbonyl (C=O) groups is 3. The standard InChI is InChI=1S/C39H42ClFN10O5S/c1-47(57-55)32-7-3-2-6-30(32)44-36-28(40)20-42-39(46-36)43-24-9-10-31(29(41)19-24)50-17-15-48(16-18-50)13-14-49-21-25(22-49)56-34-8-4-5-26-27(34)23-51(38(26)54)33-11-12-35(52)45-37(33)53/h2-10,19-20,25,33,57H,11-18,21-23H2,1H3,(H,45,52,53)(H2,42,43,44,46). The Morgan fingerprint density at radius 3 is 2.56 bits per heavy atom. The molecule has 4 aromatic rings. The van der Waals surface area contributed by atoms with E-state index in [-0.39, 0.29) is 59.5 Å². The molecule has 1 aromatic heterocycles. The lowest BCUT2D eigenvalue weighted by molar-refractivity contribution is -0.136. The molecule has 8 rings (SSSR count). The Labute approximate surface area is 337 Å². The Balaban J connectivity index is 0.787. The summed E-state index contributed by atoms with van der Waals surface area (Å²) in [5.41, 5.74) is 3.69. The Kier molecular flexibility index (Phi) is 11.2. The molecule has 298 valence electrons. The van der Waals surface area contributed by atoms with E-state index < -0.39 is 11.9 Å². The first kappa shape index (κ1) is 38.5. The molecule has 5 heterocycles. The van der Waals surface area contributed by atoms with Crippen LogP contribution >= 0.6 is 11.6 Å². The predicted octanol–water partition coefficient (Wildman–Crippen LogP) is 3.70. The van der Waals surface area contributed by atoms with Gasteiger partial charge >= 0.3 is 0 Å². The molecule has 0 aliphatic carbocycles. The number of thiol groups is 1. The molecule has 1 atom stereocenters. The number of hydrogen-bond donors (Lipinski definition) is 4. The second-order valence-electron chi connectivity index (χ2n) is 14.4. The van der Waals surface area contributed by atoms with Crippen LogP contribution in [0.3, 0.4) is 0 Å². The van der Waals surface area contributed by atoms with Gasteiger partial charge in [-0.05, 0) is 48.9 Å². The van der Waals surface area contributed by atoms with Crippen molar-refractivity contribution in [2.24, 2.45) is 0 Å². The number of nitrogens with one attached hydrogen (secondary N) is 3. The molecule has 3 fully saturated rings. The van der Waals surface area contributed by atoms with Gasteiger partial charge in [0.2, 0.25) is 17.8 Å². The predicted molar refractivity (Wildman–Crippen MR) is 216 cm³/mol. The number of anilines is 6. The smallest absolute Gasteiger partial charge is 0.255 e. The van der Waals surface area contributed by atoms with E-state index in [4.69, 9.17) is 16.3 Å². The summed E-state index contributed by atoms with van der Waals surface area (Å²) >= 11 is 6.22. The SMILES string of the molecule is CN([SH]=O)c1ccccc1Nc1nc(Nc2ccc(N3CCN(CCN4CC(Oc5cccc6c5CN(C5CCC(=O)NC5=O)C6=O)C4)CC3)c(F)c2)ncc1Cl. The van der Waals surface area contributed by atoms with Gasteiger partial charge in [0.25, 0.3) is 5.91 Å². The van der Waals surface area contributed by atoms with Crippen molar-refractivity contribution in [2.75, 3.05) is 79.2 Å². The van der Waals surface area contributed by atoms with Crippen molar-refractivity contribution >= 4 is 75.7 Å². The normalized spacial score (nSPS) is 18.9. The fourth-order valence-corrected chi connectivity index (χ4v) is 8.04. The lowest BCUT2D eigenvalue weighted by atomic mass is 10.0. The molecule has 0 saturated carbocycles. The third-order valence-electron chi connectivity index (χ3n) is 10.8. The second-order valence-corrected chi connectivity index (χ2v) is 15.6. The van der Waals surface area contributed by atoms with E-state index in [1.165, 1.54) is 16.6 Å². The van der Waals surface area contributed by atoms with Gasteiger partial charge < -0.3 is 25.2 Å². The maximum Gasteiger partial charge on any atom is 0.255 e. The zero-order valence-electron chi connectivity index (χ0n) is 31.2. The summed E-state index contributed by atoms with van der Waals surface area (Å²) in [7, 11) is 1.69. The van der Waals surface area contributed by atoms with Crippen LogP contribution in [0.25, 0.3) is 0 Å². The minimum Gasteiger partial charge on any atom is -0.487 e. The molecule has 3 N–H and O–H groups in total. The molecule has 1 unspecified atom stereocenters. The van der Waals surface area contributed by atoms with Crippen molar-refractivity contribution in [2.45, 2.75) is 31.5 Å². The van der Waals surface area contributed by atoms with E-state index in [0.717, 1.165) is 44.8 Å². The molecule has 57 heavy (non-hydrogen) atoms. The molecule has 15 nitrogen and oxygen atoms in total. The number of fused-ring (bicyclic) bond motifs is 1. The number of aromatic nitrogens is 2. The minimum atomic E-state index is -0.663. The van der Waals surface area contributed by atoms with Crippen LogP contribution < -0.4 is 29.9 Å². The van der Waals surface area contributed by atoms with Crippen molar-refractivity contribution in [3.05, 3.63) is 88.8 Å². The van der Waals surface area contributed by atoms with Gasteiger partial charge in [0.1, 0.15) is 40.6 Å². The topological polar surface area (TPSA) is 156 Å². The summed E-state index contributed by atoms with van der Waals surface area (Å²) in [6.07, 6.45) is 1.98. The number of para-hydroxylation sites is 2. The number of piperidine rings is 1. The van der Waals surface area contributed by atoms with Gasteiger partial charge in [0, 0.05) is 82.6 Å². The summed E-state index contributed by atoms with van der Waals surface area (Å²) < 4.78 is 34.8. The monoisotopic (exact) mass is 816 g/mol. The van der Waals surface area contributed by atoms with E-state index in [1.54, 1.807) is 36.2 Å². The molecule has 0 spiro atoms. The average Bonchev–Trinajstić information content (AvgIpc) is 3.53. The number of halogens is 2. The van der Waals surface area contributed by atoms with E-state index in [9.17, 15) is 18.6 Å². The highest BCUT2D eigenvalue weighted by molar-refractivity contribution is 7.67. The molecule has 4 aliphatic heterocycles. The summed E-state index contributed by atoms with van der Waals surface area (Å²) in [4.78, 5) is 54.3. The number of amides is 3. The molecular weight excluding hydrogens is 775 g/mol. The van der Waals surface area contributed by atoms with Gasteiger partial charge in [0.05, 0.1) is 29.8 Å². The Morgan fingerprint density at radius 1 is 1.00 bits per heavy atom. The summed E-state index contributed by atoms with van der Waals surface area (Å²) in [5.74, 6) is -0.0691. The lowest BCUT2D eigenvalue weighted by Gasteiger charge is -2.41. The number of nitrogens with zero attached hydrogens (tertiary/aromatic N) is 7. The molecule has 18 heteroatoms. The van der Waals surface area contributed by atoms with Crippen LogP contribution in [0.5, 0.6) is 5.75 Å². The highest BCUT2D eigenvalue weighted by atomic mass is 35.5. The summed E-state index contributed by atoms with van der Waals surface area (Å²) in [6, 6.07) is 17.1. The van der Waals surface area contributed by atoms with Crippen molar-refractivity contribution in [1.29, 1.82) is 0 Å². The maximum absolute atomic E-state index is 15.5. The molecule has 3 saturated heterocycles. The van der Waals surface area contributed by atoms with Crippen LogP contribution in [0.2, 0.25) is 5.02 Å². The Hall–Kier alpha value is -5.36. The van der Waals surface area contributed by atoms with Crippen LogP contribution in [0, 0.1) is 5.82 Å². The Morgan fingerprint density at radius 2 is 1.79 bits per heavy atom. The first-order valence-electron chi connectivity index (χ1n) is 18.8. The number of rotatable bonds is 13. The highest BCUT2D eigenvalue weighted by Crippen LogP contribution is 2.35. The number of hydrogen-bond acceptors (Lipinski definition) is 12. The quantitative estimate of drug-likeness (QED) is 0.115. The van der Waals surface area contributed by atoms with E-state index in [0.29, 0.717) is 59.4 Å². The fraction of sp³-hybridized carbons (Fsp3) is 0.359. The van der Waals surface area contributed by atoms with Crippen molar-refractivity contribution < 1.29 is 27.7 Å². The number of imide groups is 1. The fourth-order valence-electron chi connectivity index (χ4n) is 7.64. The highest BCUT2D eigenvalue weighted by Gasteiger charge is 2.41. The van der Waals surface area contributed by atoms with Gasteiger partial charge in [-0.15, -0.1) is 0 Å². The van der Waals surface area contributed by atoms with Crippen LogP contribution in [0.1, 0.15) is 28.8 Å². The van der Waals surface area contributed by atoms with E-state index in [1.807, 2.05) is 30.3 Å². The van der Waals surface area contributed by atoms with Crippen LogP contribution in [-0.4, -0.2) is 118 Å². The van der Waals surface area contributed by atoms with Crippen molar-refractivity contribution in [1.82, 2.24) is 30.0 Å². The Bertz CT molecular complexity index is 2200. The van der Waals surface area contributed by atoms with E-state index >= 15 is 4.39 Å². The van der Waals surface area contributed by atoms with Crippen LogP contribution in [0.4, 0.5) is 38.9 Å². The zero-order chi connectivity index (χ0) is 39.6. The zero-order valence-corrected chi connectivity index (χ0v) is 32.8. The summed E-state index contributed by atoms with van der Waals surface area (Å²) in [6.45, 7) is 6.60. The van der Waals surface area contributed by atoms with Crippen molar-refractivity contribution in [3.63, 3.8) is 0 Å². The first-order valence-corrected chi connectivity index (χ1v) is 19.9. The van der Waals surface area contributed by atoms with Crippen LogP contribution in [0.15, 0.2) is 66.9 Å². The number of benzene rings is 3. The number of carbonyl (C=O) groups excluding carboxylic acids is 3. The molecule has 0 radical (unpaired) electrons. The average molecular weight is 817 g/mol. The molecular formula is C39H42ClFN10O5S. The van der Waals surface area contributed by atoms with Gasteiger partial charge in [-0.3, -0.25) is 33.8 Å². The van der Waals surface area contributed by atoms with Gasteiger partial charge in [-0.25, -0.2) is 13.6 Å². The summed E-state index contributed by atoms with van der Waals surface area (Å²) in [5, 5.41) is 8.87. The molecule has 3 amide bonds. The minimum absolute atomic E-state index is 0.00149. The van der Waals surface area contributed by atoms with Crippen LogP contribution in [-0.2, 0) is 28.0 Å². The van der Waals surface area contributed by atoms with E-state index in [2.05, 4.69) is 40.6 Å². The second kappa shape index (κ2) is 16.6. The van der Waals surface area contributed by atoms with Gasteiger partial charge in [-0.1, -0.05) is 29.8 Å². The molecule has 0 bridgehead atoms. The van der Waals surface area contributed by atoms with Crippen molar-refractivity contribution in [3.8, 4) is 5.75 Å². The lowest BCUT2D eigenvalue weighted by Crippen LogP contribution is -2.56. The first-order chi connectivity index (χ1) is 27.6. The number of piperazine rings is 1.